The molecule has 2 fully saturated rings. The van der Waals surface area contributed by atoms with Gasteiger partial charge in [0.15, 0.2) is 5.96 Å². The number of aliphatic imine (C=N–C) groups is 1. The summed E-state index contributed by atoms with van der Waals surface area (Å²) in [6.45, 7) is 7.12. The average Bonchev–Trinajstić information content (AvgIpc) is 3.36. The first kappa shape index (κ1) is 25.4. The zero-order valence-corrected chi connectivity index (χ0v) is 21.4. The highest BCUT2D eigenvalue weighted by Gasteiger charge is 2.25. The number of nitrogens with one attached hydrogen (secondary N) is 1. The van der Waals surface area contributed by atoms with Crippen molar-refractivity contribution in [3.05, 3.63) is 18.0 Å². The van der Waals surface area contributed by atoms with Crippen molar-refractivity contribution in [1.82, 2.24) is 20.0 Å². The Bertz CT molecular complexity index is 614. The smallest absolute Gasteiger partial charge is 0.193 e. The predicted molar refractivity (Wildman–Crippen MR) is 135 cm³/mol. The van der Waals surface area contributed by atoms with Crippen LogP contribution in [0, 0.1) is 5.92 Å². The molecule has 2 aliphatic rings. The fourth-order valence-corrected chi connectivity index (χ4v) is 4.59. The normalized spacial score (nSPS) is 20.4. The maximum atomic E-state index is 6.03. The zero-order valence-electron chi connectivity index (χ0n) is 19.0. The first-order chi connectivity index (χ1) is 14.2. The van der Waals surface area contributed by atoms with Gasteiger partial charge in [0.2, 0.25) is 0 Å². The van der Waals surface area contributed by atoms with Gasteiger partial charge in [-0.1, -0.05) is 19.3 Å². The van der Waals surface area contributed by atoms with E-state index >= 15 is 0 Å². The van der Waals surface area contributed by atoms with Crippen LogP contribution in [0.3, 0.4) is 0 Å². The molecule has 0 aromatic carbocycles. The molecule has 1 aliphatic carbocycles. The van der Waals surface area contributed by atoms with Gasteiger partial charge in [-0.2, -0.15) is 5.10 Å². The topological polar surface area (TPSA) is 54.7 Å². The third-order valence-corrected chi connectivity index (χ3v) is 6.17. The fraction of sp³-hybridized carbons (Fsp3) is 0.826. The van der Waals surface area contributed by atoms with Gasteiger partial charge in [0.25, 0.3) is 0 Å². The molecule has 30 heavy (non-hydrogen) atoms. The Morgan fingerprint density at radius 1 is 1.20 bits per heavy atom. The molecule has 1 atom stereocenters. The minimum absolute atomic E-state index is 0. The van der Waals surface area contributed by atoms with Crippen molar-refractivity contribution < 1.29 is 4.74 Å². The highest BCUT2D eigenvalue weighted by Crippen LogP contribution is 2.21. The van der Waals surface area contributed by atoms with E-state index in [2.05, 4.69) is 28.4 Å². The monoisotopic (exact) mass is 531 g/mol. The summed E-state index contributed by atoms with van der Waals surface area (Å²) in [5.41, 5.74) is 1.34. The Kier molecular flexibility index (Phi) is 12.1. The summed E-state index contributed by atoms with van der Waals surface area (Å²) in [5, 5.41) is 7.79. The lowest BCUT2D eigenvalue weighted by molar-refractivity contribution is 0.0264. The van der Waals surface area contributed by atoms with Crippen molar-refractivity contribution in [3.8, 4) is 0 Å². The standard InChI is InChI=1S/C23H41N5O.HI/c1-3-24-23(25-13-8-5-9-15-29-22-10-6-4-7-11-22)28-14-12-20(19-28)16-21-17-26-27(2)18-21;/h17-18,20,22H,3-16,19H2,1-2H3,(H,24,25);1H. The highest BCUT2D eigenvalue weighted by atomic mass is 127. The second-order valence-corrected chi connectivity index (χ2v) is 8.75. The van der Waals surface area contributed by atoms with Crippen LogP contribution in [0.4, 0.5) is 0 Å². The molecule has 0 radical (unpaired) electrons. The number of aromatic nitrogens is 2. The number of ether oxygens (including phenoxy) is 1. The quantitative estimate of drug-likeness (QED) is 0.211. The van der Waals surface area contributed by atoms with Crippen molar-refractivity contribution in [2.45, 2.75) is 77.2 Å². The number of unbranched alkanes of at least 4 members (excludes halogenated alkanes) is 2. The molecule has 0 spiro atoms. The summed E-state index contributed by atoms with van der Waals surface area (Å²) >= 11 is 0. The van der Waals surface area contributed by atoms with Gasteiger partial charge in [0.05, 0.1) is 12.3 Å². The number of hydrogen-bond donors (Lipinski definition) is 1. The molecule has 0 bridgehead atoms. The van der Waals surface area contributed by atoms with Gasteiger partial charge in [0.1, 0.15) is 0 Å². The van der Waals surface area contributed by atoms with Gasteiger partial charge in [-0.05, 0) is 63.4 Å². The van der Waals surface area contributed by atoms with Gasteiger partial charge in [-0.15, -0.1) is 24.0 Å². The Morgan fingerprint density at radius 2 is 2.03 bits per heavy atom. The van der Waals surface area contributed by atoms with Crippen LogP contribution in [0.1, 0.15) is 70.3 Å². The molecular formula is C23H42IN5O. The lowest BCUT2D eigenvalue weighted by Crippen LogP contribution is -2.40. The van der Waals surface area contributed by atoms with Crippen molar-refractivity contribution in [1.29, 1.82) is 0 Å². The summed E-state index contributed by atoms with van der Waals surface area (Å²) < 4.78 is 7.93. The van der Waals surface area contributed by atoms with Crippen LogP contribution in [0.15, 0.2) is 17.4 Å². The number of guanidine groups is 1. The number of likely N-dealkylation sites (tertiary alicyclic amines) is 1. The van der Waals surface area contributed by atoms with E-state index in [0.29, 0.717) is 12.0 Å². The largest absolute Gasteiger partial charge is 0.378 e. The Hall–Kier alpha value is -0.830. The van der Waals surface area contributed by atoms with Gasteiger partial charge in [-0.25, -0.2) is 0 Å². The second-order valence-electron chi connectivity index (χ2n) is 8.75. The predicted octanol–water partition coefficient (Wildman–Crippen LogP) is 4.39. The Morgan fingerprint density at radius 3 is 2.77 bits per heavy atom. The van der Waals surface area contributed by atoms with Crippen molar-refractivity contribution in [2.75, 3.05) is 32.8 Å². The van der Waals surface area contributed by atoms with Crippen LogP contribution < -0.4 is 5.32 Å². The highest BCUT2D eigenvalue weighted by molar-refractivity contribution is 14.0. The molecule has 172 valence electrons. The van der Waals surface area contributed by atoms with Crippen molar-refractivity contribution in [3.63, 3.8) is 0 Å². The van der Waals surface area contributed by atoms with E-state index in [1.54, 1.807) is 0 Å². The van der Waals surface area contributed by atoms with Crippen molar-refractivity contribution in [2.24, 2.45) is 18.0 Å². The molecule has 6 nitrogen and oxygen atoms in total. The summed E-state index contributed by atoms with van der Waals surface area (Å²) in [7, 11) is 1.99. The molecule has 2 heterocycles. The second kappa shape index (κ2) is 14.3. The molecule has 1 saturated heterocycles. The molecule has 1 aliphatic heterocycles. The lowest BCUT2D eigenvalue weighted by atomic mass is 9.98. The van der Waals surface area contributed by atoms with Crippen LogP contribution in [0.2, 0.25) is 0 Å². The van der Waals surface area contributed by atoms with E-state index in [1.807, 2.05) is 17.9 Å². The Labute approximate surface area is 200 Å². The minimum Gasteiger partial charge on any atom is -0.378 e. The molecule has 1 aromatic rings. The summed E-state index contributed by atoms with van der Waals surface area (Å²) in [6.07, 6.45) is 17.2. The van der Waals surface area contributed by atoms with E-state index in [9.17, 15) is 0 Å². The number of hydrogen-bond acceptors (Lipinski definition) is 3. The lowest BCUT2D eigenvalue weighted by Gasteiger charge is -2.22. The number of rotatable bonds is 10. The molecular weight excluding hydrogens is 489 g/mol. The molecule has 0 amide bonds. The molecule has 1 unspecified atom stereocenters. The van der Waals surface area contributed by atoms with Crippen LogP contribution in [0.5, 0.6) is 0 Å². The average molecular weight is 532 g/mol. The van der Waals surface area contributed by atoms with E-state index in [4.69, 9.17) is 9.73 Å². The minimum atomic E-state index is 0. The summed E-state index contributed by atoms with van der Waals surface area (Å²) in [4.78, 5) is 7.34. The fourth-order valence-electron chi connectivity index (χ4n) is 4.59. The van der Waals surface area contributed by atoms with E-state index in [-0.39, 0.29) is 24.0 Å². The number of halogens is 1. The summed E-state index contributed by atoms with van der Waals surface area (Å²) in [5.74, 6) is 1.79. The molecule has 3 rings (SSSR count). The van der Waals surface area contributed by atoms with E-state index in [0.717, 1.165) is 51.6 Å². The van der Waals surface area contributed by atoms with Crippen molar-refractivity contribution >= 4 is 29.9 Å². The van der Waals surface area contributed by atoms with Crippen LogP contribution >= 0.6 is 24.0 Å². The van der Waals surface area contributed by atoms with E-state index < -0.39 is 0 Å². The van der Waals surface area contributed by atoms with Crippen LogP contribution in [0.25, 0.3) is 0 Å². The van der Waals surface area contributed by atoms with Gasteiger partial charge in [-0.3, -0.25) is 9.67 Å². The molecule has 1 aromatic heterocycles. The molecule has 1 saturated carbocycles. The van der Waals surface area contributed by atoms with Gasteiger partial charge >= 0.3 is 0 Å². The maximum Gasteiger partial charge on any atom is 0.193 e. The third kappa shape index (κ3) is 8.73. The van der Waals surface area contributed by atoms with Crippen LogP contribution in [-0.2, 0) is 18.2 Å². The van der Waals surface area contributed by atoms with E-state index in [1.165, 1.54) is 56.9 Å². The van der Waals surface area contributed by atoms with Crippen LogP contribution in [-0.4, -0.2) is 59.5 Å². The first-order valence-electron chi connectivity index (χ1n) is 11.9. The third-order valence-electron chi connectivity index (χ3n) is 6.17. The first-order valence-corrected chi connectivity index (χ1v) is 11.9. The molecule has 7 heteroatoms. The van der Waals surface area contributed by atoms with Gasteiger partial charge in [0, 0.05) is 46.0 Å². The number of aryl methyl sites for hydroxylation is 1. The summed E-state index contributed by atoms with van der Waals surface area (Å²) in [6, 6.07) is 0. The zero-order chi connectivity index (χ0) is 20.3. The SMILES string of the molecule is CCNC(=NCCCCCOC1CCCCC1)N1CCC(Cc2cnn(C)c2)C1.I. The Balaban J connectivity index is 0.00000320. The maximum absolute atomic E-state index is 6.03. The van der Waals surface area contributed by atoms with Gasteiger partial charge < -0.3 is 15.0 Å². The molecule has 1 N–H and O–H groups in total. The number of nitrogens with zero attached hydrogens (tertiary/aromatic N) is 4.